The molecule has 2 N–H and O–H groups in total. The average Bonchev–Trinajstić information content (AvgIpc) is 3.16. The van der Waals surface area contributed by atoms with Gasteiger partial charge in [0, 0.05) is 11.6 Å². The number of anilines is 1. The Morgan fingerprint density at radius 1 is 1.36 bits per heavy atom. The van der Waals surface area contributed by atoms with Crippen LogP contribution in [0.5, 0.6) is 0 Å². The summed E-state index contributed by atoms with van der Waals surface area (Å²) in [6, 6.07) is 5.46. The minimum Gasteiger partial charge on any atom is -0.358 e. The smallest absolute Gasteiger partial charge is 0.289 e. The number of hydrogen-bond donors (Lipinski definition) is 2. The molecule has 2 aromatic heterocycles. The number of hydrogen-bond acceptors (Lipinski definition) is 6. The number of sulfonamides is 1. The van der Waals surface area contributed by atoms with Gasteiger partial charge in [-0.15, -0.1) is 0 Å². The summed E-state index contributed by atoms with van der Waals surface area (Å²) in [7, 11) is -6.50. The van der Waals surface area contributed by atoms with Gasteiger partial charge in [0.2, 0.25) is 4.34 Å². The molecule has 25 heavy (non-hydrogen) atoms. The van der Waals surface area contributed by atoms with Crippen LogP contribution in [-0.4, -0.2) is 31.7 Å². The lowest BCUT2D eigenvalue weighted by molar-refractivity contribution is 0.588. The highest BCUT2D eigenvalue weighted by atomic mass is 32.2. The van der Waals surface area contributed by atoms with Gasteiger partial charge in [-0.25, -0.2) is 4.98 Å². The lowest BCUT2D eigenvalue weighted by Crippen LogP contribution is -2.13. The van der Waals surface area contributed by atoms with Gasteiger partial charge in [-0.3, -0.25) is 4.72 Å². The Hall–Kier alpha value is -2.14. The molecule has 0 saturated carbocycles. The molecular weight excluding hydrogens is 379 g/mol. The number of rotatable bonds is 4. The number of nitrogens with zero attached hydrogens (tertiary/aromatic N) is 2. The third-order valence-corrected chi connectivity index (χ3v) is 8.97. The van der Waals surface area contributed by atoms with Gasteiger partial charge in [-0.1, -0.05) is 17.4 Å². The predicted octanol–water partition coefficient (Wildman–Crippen LogP) is 2.85. The Balaban J connectivity index is 2.05. The third kappa shape index (κ3) is 3.21. The van der Waals surface area contributed by atoms with E-state index in [2.05, 4.69) is 20.8 Å². The van der Waals surface area contributed by atoms with Crippen LogP contribution in [0.15, 0.2) is 28.9 Å². The molecule has 7 nitrogen and oxygen atoms in total. The Labute approximate surface area is 149 Å². The van der Waals surface area contributed by atoms with Crippen LogP contribution in [0.2, 0.25) is 0 Å². The summed E-state index contributed by atoms with van der Waals surface area (Å²) in [4.78, 5) is 6.84. The summed E-state index contributed by atoms with van der Waals surface area (Å²) in [5.74, 6) is 0. The Morgan fingerprint density at radius 2 is 2.08 bits per heavy atom. The van der Waals surface area contributed by atoms with Crippen molar-refractivity contribution in [1.82, 2.24) is 9.97 Å². The quantitative estimate of drug-likeness (QED) is 0.660. The molecule has 0 bridgehead atoms. The highest BCUT2D eigenvalue weighted by Gasteiger charge is 2.24. The van der Waals surface area contributed by atoms with Crippen molar-refractivity contribution in [3.8, 4) is 6.07 Å². The lowest BCUT2D eigenvalue weighted by Gasteiger charge is -2.08. The van der Waals surface area contributed by atoms with E-state index < -0.39 is 17.2 Å². The highest BCUT2D eigenvalue weighted by molar-refractivity contribution is 7.95. The molecule has 1 aromatic carbocycles. The number of H-pyrrole nitrogens is 1. The molecule has 3 rings (SSSR count). The number of aromatic nitrogens is 2. The summed E-state index contributed by atoms with van der Waals surface area (Å²) >= 11 is 0.897. The summed E-state index contributed by atoms with van der Waals surface area (Å²) in [5.41, 5.74) is 2.18. The molecule has 0 spiro atoms. The first-order valence-electron chi connectivity index (χ1n) is 7.18. The fourth-order valence-electron chi connectivity index (χ4n) is 2.41. The Kier molecular flexibility index (Phi) is 4.23. The molecule has 2 heterocycles. The van der Waals surface area contributed by atoms with E-state index in [1.807, 2.05) is 6.92 Å². The standard InChI is InChI=1S/C15H15N4O3PS2/c1-9-4-5-11(14-13(9)10(6-16)7-17-14)19-25(21,22)15-18-8-12(24-15)23(2,3)20/h4-5,7-8,17,19H,1-3H3. The summed E-state index contributed by atoms with van der Waals surface area (Å²) < 4.78 is 40.1. The Morgan fingerprint density at radius 3 is 2.68 bits per heavy atom. The molecule has 0 atom stereocenters. The first-order chi connectivity index (χ1) is 11.6. The van der Waals surface area contributed by atoms with Crippen molar-refractivity contribution in [2.75, 3.05) is 18.1 Å². The average molecular weight is 394 g/mol. The van der Waals surface area contributed by atoms with Crippen molar-refractivity contribution >= 4 is 49.7 Å². The van der Waals surface area contributed by atoms with Gasteiger partial charge in [0.15, 0.2) is 0 Å². The SMILES string of the molecule is Cc1ccc(NS(=O)(=O)c2ncc(P(C)(C)=O)s2)c2[nH]cc(C#N)c12. The van der Waals surface area contributed by atoms with Crippen molar-refractivity contribution in [1.29, 1.82) is 5.26 Å². The molecule has 0 amide bonds. The minimum atomic E-state index is -3.92. The largest absolute Gasteiger partial charge is 0.358 e. The number of nitrogens with one attached hydrogen (secondary N) is 2. The monoisotopic (exact) mass is 394 g/mol. The summed E-state index contributed by atoms with van der Waals surface area (Å²) in [6.07, 6.45) is 2.88. The van der Waals surface area contributed by atoms with Crippen LogP contribution in [0.4, 0.5) is 5.69 Å². The molecular formula is C15H15N4O3PS2. The molecule has 0 aliphatic heterocycles. The first kappa shape index (κ1) is 17.7. The second kappa shape index (κ2) is 5.99. The maximum Gasteiger partial charge on any atom is 0.289 e. The normalized spacial score (nSPS) is 12.2. The second-order valence-electron chi connectivity index (χ2n) is 5.91. The predicted molar refractivity (Wildman–Crippen MR) is 99.8 cm³/mol. The van der Waals surface area contributed by atoms with Gasteiger partial charge in [0.1, 0.15) is 13.2 Å². The van der Waals surface area contributed by atoms with Gasteiger partial charge in [-0.2, -0.15) is 13.7 Å². The van der Waals surface area contributed by atoms with E-state index in [0.29, 0.717) is 26.8 Å². The maximum atomic E-state index is 12.6. The van der Waals surface area contributed by atoms with Crippen LogP contribution in [0.1, 0.15) is 11.1 Å². The lowest BCUT2D eigenvalue weighted by atomic mass is 10.1. The molecule has 130 valence electrons. The van der Waals surface area contributed by atoms with E-state index in [0.717, 1.165) is 16.9 Å². The number of fused-ring (bicyclic) bond motifs is 1. The zero-order valence-corrected chi connectivity index (χ0v) is 16.2. The van der Waals surface area contributed by atoms with Gasteiger partial charge >= 0.3 is 0 Å². The topological polar surface area (TPSA) is 116 Å². The number of benzene rings is 1. The summed E-state index contributed by atoms with van der Waals surface area (Å²) in [5, 5.41) is 9.86. The summed E-state index contributed by atoms with van der Waals surface area (Å²) in [6.45, 7) is 4.98. The first-order valence-corrected chi connectivity index (χ1v) is 12.1. The van der Waals surface area contributed by atoms with Crippen molar-refractivity contribution in [2.24, 2.45) is 0 Å². The van der Waals surface area contributed by atoms with Gasteiger partial charge in [-0.05, 0) is 31.9 Å². The van der Waals surface area contributed by atoms with Crippen LogP contribution in [-0.2, 0) is 14.6 Å². The fraction of sp³-hybridized carbons (Fsp3) is 0.200. The van der Waals surface area contributed by atoms with Gasteiger partial charge in [0.05, 0.1) is 27.6 Å². The molecule has 0 saturated heterocycles. The molecule has 0 unspecified atom stereocenters. The van der Waals surface area contributed by atoms with Crippen molar-refractivity contribution in [3.05, 3.63) is 35.7 Å². The van der Waals surface area contributed by atoms with E-state index in [9.17, 15) is 18.2 Å². The van der Waals surface area contributed by atoms with E-state index >= 15 is 0 Å². The van der Waals surface area contributed by atoms with Crippen LogP contribution in [0.25, 0.3) is 10.9 Å². The number of thiazole rings is 1. The van der Waals surface area contributed by atoms with E-state index in [1.54, 1.807) is 31.7 Å². The number of nitriles is 1. The zero-order chi connectivity index (χ0) is 18.4. The molecule has 0 fully saturated rings. The third-order valence-electron chi connectivity index (χ3n) is 3.64. The van der Waals surface area contributed by atoms with Crippen molar-refractivity contribution < 1.29 is 13.0 Å². The van der Waals surface area contributed by atoms with Crippen LogP contribution >= 0.6 is 18.5 Å². The molecule has 0 aliphatic carbocycles. The Bertz CT molecular complexity index is 1170. The van der Waals surface area contributed by atoms with Gasteiger partial charge < -0.3 is 9.55 Å². The second-order valence-corrected chi connectivity index (χ2v) is 12.3. The van der Waals surface area contributed by atoms with Gasteiger partial charge in [0.25, 0.3) is 10.0 Å². The highest BCUT2D eigenvalue weighted by Crippen LogP contribution is 2.38. The van der Waals surface area contributed by atoms with Crippen molar-refractivity contribution in [3.63, 3.8) is 0 Å². The molecule has 10 heteroatoms. The molecule has 0 radical (unpaired) electrons. The van der Waals surface area contributed by atoms with Crippen molar-refractivity contribution in [2.45, 2.75) is 11.3 Å². The van der Waals surface area contributed by atoms with Crippen LogP contribution in [0, 0.1) is 18.3 Å². The number of aryl methyl sites for hydroxylation is 1. The number of aromatic amines is 1. The van der Waals surface area contributed by atoms with Crippen LogP contribution < -0.4 is 9.34 Å². The van der Waals surface area contributed by atoms with E-state index in [1.165, 1.54) is 6.20 Å². The fourth-order valence-corrected chi connectivity index (χ4v) is 6.03. The van der Waals surface area contributed by atoms with E-state index in [-0.39, 0.29) is 4.34 Å². The molecule has 0 aliphatic rings. The van der Waals surface area contributed by atoms with E-state index in [4.69, 9.17) is 0 Å². The zero-order valence-electron chi connectivity index (χ0n) is 13.7. The maximum absolute atomic E-state index is 12.6. The molecule has 3 aromatic rings. The van der Waals surface area contributed by atoms with Crippen LogP contribution in [0.3, 0.4) is 0 Å². The minimum absolute atomic E-state index is 0.146.